The van der Waals surface area contributed by atoms with Crippen LogP contribution in [-0.4, -0.2) is 27.5 Å². The van der Waals surface area contributed by atoms with Crippen molar-refractivity contribution in [2.24, 2.45) is 7.05 Å². The highest BCUT2D eigenvalue weighted by molar-refractivity contribution is 7.20. The lowest BCUT2D eigenvalue weighted by atomic mass is 10.2. The molecule has 1 N–H and O–H groups in total. The van der Waals surface area contributed by atoms with Gasteiger partial charge in [-0.05, 0) is 55.8 Å². The molecule has 8 nitrogen and oxygen atoms in total. The summed E-state index contributed by atoms with van der Waals surface area (Å²) in [6, 6.07) is 16.2. The largest absolute Gasteiger partial charge is 0.457 e. The molecule has 0 fully saturated rings. The van der Waals surface area contributed by atoms with Gasteiger partial charge in [-0.3, -0.25) is 9.59 Å². The molecule has 2 heterocycles. The number of ether oxygens (including phenoxy) is 2. The SMILES string of the molecule is Cc1c(C(=O)OC(C)C(=O)Nc2ccc(Oc3ccccc3)cc2)sc2ncn(C)c(=O)c12. The number of nitrogens with one attached hydrogen (secondary N) is 1. The number of nitrogens with zero attached hydrogens (tertiary/aromatic N) is 2. The topological polar surface area (TPSA) is 99.5 Å². The predicted molar refractivity (Wildman–Crippen MR) is 126 cm³/mol. The number of amides is 1. The third-order valence-electron chi connectivity index (χ3n) is 4.95. The van der Waals surface area contributed by atoms with Crippen molar-refractivity contribution < 1.29 is 19.1 Å². The minimum atomic E-state index is -1.04. The molecule has 0 saturated carbocycles. The summed E-state index contributed by atoms with van der Waals surface area (Å²) in [4.78, 5) is 42.5. The van der Waals surface area contributed by atoms with E-state index in [0.29, 0.717) is 33.0 Å². The first-order valence-corrected chi connectivity index (χ1v) is 10.9. The van der Waals surface area contributed by atoms with E-state index in [2.05, 4.69) is 10.3 Å². The van der Waals surface area contributed by atoms with Gasteiger partial charge in [-0.25, -0.2) is 9.78 Å². The van der Waals surface area contributed by atoms with Crippen LogP contribution in [0.4, 0.5) is 5.69 Å². The number of aromatic nitrogens is 2. The predicted octanol–water partition coefficient (Wildman–Crippen LogP) is 4.28. The molecule has 9 heteroatoms. The number of thiophene rings is 1. The van der Waals surface area contributed by atoms with Gasteiger partial charge in [-0.1, -0.05) is 18.2 Å². The third kappa shape index (κ3) is 4.78. The Kier molecular flexibility index (Phi) is 6.23. The zero-order valence-corrected chi connectivity index (χ0v) is 19.0. The van der Waals surface area contributed by atoms with Crippen LogP contribution in [0, 0.1) is 6.92 Å². The number of carbonyl (C=O) groups excluding carboxylic acids is 2. The maximum absolute atomic E-state index is 12.7. The highest BCUT2D eigenvalue weighted by atomic mass is 32.1. The molecule has 0 aliphatic heterocycles. The van der Waals surface area contributed by atoms with E-state index in [1.54, 1.807) is 38.2 Å². The second-order valence-corrected chi connectivity index (χ2v) is 8.37. The van der Waals surface area contributed by atoms with Crippen LogP contribution in [0.3, 0.4) is 0 Å². The highest BCUT2D eigenvalue weighted by Crippen LogP contribution is 2.28. The van der Waals surface area contributed by atoms with Gasteiger partial charge in [0.1, 0.15) is 21.2 Å². The molecule has 0 bridgehead atoms. The molecule has 2 aromatic carbocycles. The molecule has 1 atom stereocenters. The number of rotatable bonds is 6. The Morgan fingerprint density at radius 3 is 2.42 bits per heavy atom. The van der Waals surface area contributed by atoms with Gasteiger partial charge in [0.2, 0.25) is 0 Å². The van der Waals surface area contributed by atoms with E-state index < -0.39 is 18.0 Å². The number of hydrogen-bond donors (Lipinski definition) is 1. The summed E-state index contributed by atoms with van der Waals surface area (Å²) in [5.74, 6) is 0.178. The van der Waals surface area contributed by atoms with Crippen LogP contribution >= 0.6 is 11.3 Å². The van der Waals surface area contributed by atoms with Gasteiger partial charge >= 0.3 is 5.97 Å². The molecule has 0 spiro atoms. The van der Waals surface area contributed by atoms with Gasteiger partial charge in [-0.15, -0.1) is 11.3 Å². The first-order valence-electron chi connectivity index (χ1n) is 10.1. The van der Waals surface area contributed by atoms with Gasteiger partial charge < -0.3 is 19.4 Å². The Morgan fingerprint density at radius 2 is 1.73 bits per heavy atom. The maximum atomic E-state index is 12.7. The quantitative estimate of drug-likeness (QED) is 0.429. The van der Waals surface area contributed by atoms with Crippen LogP contribution < -0.4 is 15.6 Å². The van der Waals surface area contributed by atoms with E-state index in [0.717, 1.165) is 11.3 Å². The number of anilines is 1. The summed E-state index contributed by atoms with van der Waals surface area (Å²) >= 11 is 1.07. The van der Waals surface area contributed by atoms with Gasteiger partial charge in [0.05, 0.1) is 11.7 Å². The lowest BCUT2D eigenvalue weighted by Gasteiger charge is -2.13. The van der Waals surface area contributed by atoms with E-state index in [9.17, 15) is 14.4 Å². The Balaban J connectivity index is 1.40. The molecule has 168 valence electrons. The fourth-order valence-corrected chi connectivity index (χ4v) is 4.17. The third-order valence-corrected chi connectivity index (χ3v) is 6.13. The van der Waals surface area contributed by atoms with E-state index in [4.69, 9.17) is 9.47 Å². The van der Waals surface area contributed by atoms with Crippen LogP contribution in [0.5, 0.6) is 11.5 Å². The second kappa shape index (κ2) is 9.25. The average Bonchev–Trinajstić information content (AvgIpc) is 3.15. The van der Waals surface area contributed by atoms with Crippen LogP contribution in [0.1, 0.15) is 22.2 Å². The number of benzene rings is 2. The Hall–Kier alpha value is -3.98. The van der Waals surface area contributed by atoms with Gasteiger partial charge in [0.15, 0.2) is 6.10 Å². The molecule has 0 aliphatic carbocycles. The first kappa shape index (κ1) is 22.2. The Bertz CT molecular complexity index is 1380. The molecule has 4 aromatic rings. The summed E-state index contributed by atoms with van der Waals surface area (Å²) < 4.78 is 12.4. The number of aryl methyl sites for hydroxylation is 2. The van der Waals surface area contributed by atoms with Gasteiger partial charge in [-0.2, -0.15) is 0 Å². The molecule has 33 heavy (non-hydrogen) atoms. The summed E-state index contributed by atoms with van der Waals surface area (Å²) in [5.41, 5.74) is 0.794. The van der Waals surface area contributed by atoms with Crippen LogP contribution in [0.2, 0.25) is 0 Å². The molecular weight excluding hydrogens is 442 g/mol. The fourth-order valence-electron chi connectivity index (χ4n) is 3.15. The number of esters is 1. The lowest BCUT2D eigenvalue weighted by Crippen LogP contribution is -2.30. The second-order valence-electron chi connectivity index (χ2n) is 7.37. The van der Waals surface area contributed by atoms with Crippen molar-refractivity contribution in [3.63, 3.8) is 0 Å². The van der Waals surface area contributed by atoms with Gasteiger partial charge in [0.25, 0.3) is 11.5 Å². The summed E-state index contributed by atoms with van der Waals surface area (Å²) in [6.07, 6.45) is 0.361. The van der Waals surface area contributed by atoms with Crippen molar-refractivity contribution in [2.75, 3.05) is 5.32 Å². The van der Waals surface area contributed by atoms with E-state index in [1.165, 1.54) is 17.8 Å². The average molecular weight is 464 g/mol. The van der Waals surface area contributed by atoms with Crippen molar-refractivity contribution in [1.29, 1.82) is 0 Å². The van der Waals surface area contributed by atoms with E-state index in [-0.39, 0.29) is 10.4 Å². The summed E-state index contributed by atoms with van der Waals surface area (Å²) in [7, 11) is 1.59. The van der Waals surface area contributed by atoms with Crippen molar-refractivity contribution in [3.8, 4) is 11.5 Å². The summed E-state index contributed by atoms with van der Waals surface area (Å²) in [6.45, 7) is 3.16. The Labute approximate surface area is 193 Å². The van der Waals surface area contributed by atoms with E-state index in [1.807, 2.05) is 30.3 Å². The lowest BCUT2D eigenvalue weighted by molar-refractivity contribution is -0.123. The molecule has 4 rings (SSSR count). The molecule has 0 aliphatic rings. The van der Waals surface area contributed by atoms with Crippen LogP contribution in [0.15, 0.2) is 65.7 Å². The normalized spacial score (nSPS) is 11.7. The smallest absolute Gasteiger partial charge is 0.349 e. The van der Waals surface area contributed by atoms with E-state index >= 15 is 0 Å². The number of para-hydroxylation sites is 1. The van der Waals surface area contributed by atoms with Crippen molar-refractivity contribution in [2.45, 2.75) is 20.0 Å². The monoisotopic (exact) mass is 463 g/mol. The van der Waals surface area contributed by atoms with Crippen LogP contribution in [-0.2, 0) is 16.6 Å². The van der Waals surface area contributed by atoms with Crippen LogP contribution in [0.25, 0.3) is 10.2 Å². The maximum Gasteiger partial charge on any atom is 0.349 e. The first-order chi connectivity index (χ1) is 15.8. The fraction of sp³-hybridized carbons (Fsp3) is 0.167. The Morgan fingerprint density at radius 1 is 1.06 bits per heavy atom. The highest BCUT2D eigenvalue weighted by Gasteiger charge is 2.24. The zero-order valence-electron chi connectivity index (χ0n) is 18.2. The molecule has 1 amide bonds. The number of hydrogen-bond acceptors (Lipinski definition) is 7. The van der Waals surface area contributed by atoms with Gasteiger partial charge in [0, 0.05) is 12.7 Å². The van der Waals surface area contributed by atoms with Crippen molar-refractivity contribution >= 4 is 39.1 Å². The van der Waals surface area contributed by atoms with Crippen molar-refractivity contribution in [1.82, 2.24) is 9.55 Å². The minimum Gasteiger partial charge on any atom is -0.457 e. The standard InChI is InChI=1S/C24H21N3O5S/c1-14-19-22(25-13-27(3)23(19)29)33-20(14)24(30)31-15(2)21(28)26-16-9-11-18(12-10-16)32-17-7-5-4-6-8-17/h4-13,15H,1-3H3,(H,26,28). The molecular formula is C24H21N3O5S. The molecule has 2 aromatic heterocycles. The molecule has 0 saturated heterocycles. The number of carbonyl (C=O) groups is 2. The minimum absolute atomic E-state index is 0.238. The zero-order chi connectivity index (χ0) is 23.5. The summed E-state index contributed by atoms with van der Waals surface area (Å²) in [5, 5.41) is 3.09. The molecule has 1 unspecified atom stereocenters. The number of fused-ring (bicyclic) bond motifs is 1. The molecule has 0 radical (unpaired) electrons. The van der Waals surface area contributed by atoms with Crippen molar-refractivity contribution in [3.05, 3.63) is 81.7 Å².